The SMILES string of the molecule is CC(C)N1CCN(c2ccc(S(=O)(=O)N[C@H]3C[C@]3(C)c3ccccc3)s2)CC1.O=C(O)O. The summed E-state index contributed by atoms with van der Waals surface area (Å²) in [5.41, 5.74) is 1.08. The van der Waals surface area contributed by atoms with E-state index in [4.69, 9.17) is 15.0 Å². The van der Waals surface area contributed by atoms with E-state index in [2.05, 4.69) is 47.4 Å². The van der Waals surface area contributed by atoms with Gasteiger partial charge >= 0.3 is 6.16 Å². The molecule has 1 aliphatic heterocycles. The Bertz CT molecular complexity index is 1010. The first kappa shape index (κ1) is 24.5. The fourth-order valence-electron chi connectivity index (χ4n) is 4.00. The molecule has 32 heavy (non-hydrogen) atoms. The number of anilines is 1. The summed E-state index contributed by atoms with van der Waals surface area (Å²) in [6.07, 6.45) is -0.994. The van der Waals surface area contributed by atoms with Crippen LogP contribution < -0.4 is 9.62 Å². The Morgan fingerprint density at radius 2 is 1.69 bits per heavy atom. The molecular weight excluding hydrogens is 450 g/mol. The second-order valence-electron chi connectivity index (χ2n) is 8.65. The average Bonchev–Trinajstić information content (AvgIpc) is 3.15. The van der Waals surface area contributed by atoms with Crippen LogP contribution in [0.25, 0.3) is 0 Å². The summed E-state index contributed by atoms with van der Waals surface area (Å²) in [6.45, 7) is 10.5. The van der Waals surface area contributed by atoms with Crippen molar-refractivity contribution in [2.75, 3.05) is 31.1 Å². The molecule has 2 aromatic rings. The molecule has 0 bridgehead atoms. The fourth-order valence-corrected chi connectivity index (χ4v) is 6.71. The van der Waals surface area contributed by atoms with Crippen LogP contribution in [0.1, 0.15) is 32.8 Å². The van der Waals surface area contributed by atoms with E-state index in [0.29, 0.717) is 10.3 Å². The Kier molecular flexibility index (Phi) is 7.49. The number of rotatable bonds is 6. The highest BCUT2D eigenvalue weighted by atomic mass is 32.2. The van der Waals surface area contributed by atoms with E-state index in [1.807, 2.05) is 24.3 Å². The predicted molar refractivity (Wildman–Crippen MR) is 126 cm³/mol. The Morgan fingerprint density at radius 3 is 2.25 bits per heavy atom. The highest BCUT2D eigenvalue weighted by Crippen LogP contribution is 2.48. The summed E-state index contributed by atoms with van der Waals surface area (Å²) in [6, 6.07) is 14.4. The summed E-state index contributed by atoms with van der Waals surface area (Å²) in [7, 11) is -3.49. The van der Waals surface area contributed by atoms with Gasteiger partial charge in [-0.3, -0.25) is 4.90 Å². The molecule has 1 saturated carbocycles. The average molecular weight is 482 g/mol. The largest absolute Gasteiger partial charge is 0.503 e. The van der Waals surface area contributed by atoms with Crippen LogP contribution in [0, 0.1) is 0 Å². The molecule has 1 aromatic heterocycles. The molecule has 1 aliphatic carbocycles. The molecule has 2 aliphatic rings. The number of hydrogen-bond acceptors (Lipinski definition) is 6. The molecule has 0 spiro atoms. The van der Waals surface area contributed by atoms with E-state index in [9.17, 15) is 8.42 Å². The van der Waals surface area contributed by atoms with Crippen LogP contribution in [-0.4, -0.2) is 67.9 Å². The van der Waals surface area contributed by atoms with Crippen LogP contribution >= 0.6 is 11.3 Å². The van der Waals surface area contributed by atoms with E-state index in [0.717, 1.165) is 37.6 Å². The van der Waals surface area contributed by atoms with E-state index in [1.54, 1.807) is 6.07 Å². The molecule has 2 fully saturated rings. The molecule has 10 heteroatoms. The summed E-state index contributed by atoms with van der Waals surface area (Å²) in [5.74, 6) is 0. The smallest absolute Gasteiger partial charge is 0.450 e. The van der Waals surface area contributed by atoms with Crippen molar-refractivity contribution in [3.05, 3.63) is 48.0 Å². The second kappa shape index (κ2) is 9.78. The van der Waals surface area contributed by atoms with Crippen molar-refractivity contribution in [1.82, 2.24) is 9.62 Å². The van der Waals surface area contributed by atoms with Gasteiger partial charge in [-0.25, -0.2) is 17.9 Å². The lowest BCUT2D eigenvalue weighted by molar-refractivity contribution is 0.137. The molecule has 8 nitrogen and oxygen atoms in total. The first-order valence-corrected chi connectivity index (χ1v) is 12.9. The molecule has 0 radical (unpaired) electrons. The summed E-state index contributed by atoms with van der Waals surface area (Å²) in [4.78, 5) is 13.3. The van der Waals surface area contributed by atoms with Crippen LogP contribution in [0.2, 0.25) is 0 Å². The van der Waals surface area contributed by atoms with E-state index < -0.39 is 16.2 Å². The lowest BCUT2D eigenvalue weighted by atomic mass is 9.98. The monoisotopic (exact) mass is 481 g/mol. The Hall–Kier alpha value is -2.14. The molecule has 176 valence electrons. The summed E-state index contributed by atoms with van der Waals surface area (Å²) < 4.78 is 29.2. The van der Waals surface area contributed by atoms with Crippen molar-refractivity contribution in [3.63, 3.8) is 0 Å². The minimum Gasteiger partial charge on any atom is -0.450 e. The van der Waals surface area contributed by atoms with Gasteiger partial charge in [-0.05, 0) is 38.0 Å². The highest BCUT2D eigenvalue weighted by molar-refractivity contribution is 7.91. The van der Waals surface area contributed by atoms with Gasteiger partial charge in [0.05, 0.1) is 5.00 Å². The third-order valence-electron chi connectivity index (χ3n) is 6.16. The summed E-state index contributed by atoms with van der Waals surface area (Å²) in [5, 5.41) is 15.0. The predicted octanol–water partition coefficient (Wildman–Crippen LogP) is 3.51. The summed E-state index contributed by atoms with van der Waals surface area (Å²) >= 11 is 1.38. The number of piperazine rings is 1. The molecule has 0 amide bonds. The number of carboxylic acid groups (broad SMARTS) is 2. The van der Waals surface area contributed by atoms with Gasteiger partial charge < -0.3 is 15.1 Å². The molecular formula is C22H31N3O5S2. The maximum Gasteiger partial charge on any atom is 0.503 e. The lowest BCUT2D eigenvalue weighted by Gasteiger charge is -2.37. The van der Waals surface area contributed by atoms with Crippen molar-refractivity contribution in [2.24, 2.45) is 0 Å². The fraction of sp³-hybridized carbons (Fsp3) is 0.500. The first-order chi connectivity index (χ1) is 15.0. The highest BCUT2D eigenvalue weighted by Gasteiger charge is 2.53. The first-order valence-electron chi connectivity index (χ1n) is 10.6. The van der Waals surface area contributed by atoms with Gasteiger partial charge in [0.25, 0.3) is 0 Å². The van der Waals surface area contributed by atoms with Crippen LogP contribution in [0.5, 0.6) is 0 Å². The van der Waals surface area contributed by atoms with Crippen molar-refractivity contribution >= 4 is 32.5 Å². The van der Waals surface area contributed by atoms with Crippen molar-refractivity contribution in [2.45, 2.75) is 48.9 Å². The van der Waals surface area contributed by atoms with Crippen molar-refractivity contribution < 1.29 is 23.4 Å². The molecule has 1 saturated heterocycles. The molecule has 0 unspecified atom stereocenters. The molecule has 2 heterocycles. The number of hydrogen-bond donors (Lipinski definition) is 3. The van der Waals surface area contributed by atoms with Gasteiger partial charge in [0.15, 0.2) is 0 Å². The topological polar surface area (TPSA) is 110 Å². The van der Waals surface area contributed by atoms with Crippen LogP contribution in [0.3, 0.4) is 0 Å². The van der Waals surface area contributed by atoms with Crippen molar-refractivity contribution in [3.8, 4) is 0 Å². The quantitative estimate of drug-likeness (QED) is 0.579. The molecule has 1 aromatic carbocycles. The third kappa shape index (κ3) is 5.80. The number of sulfonamides is 1. The van der Waals surface area contributed by atoms with Gasteiger partial charge in [-0.1, -0.05) is 37.3 Å². The van der Waals surface area contributed by atoms with E-state index in [1.165, 1.54) is 16.9 Å². The van der Waals surface area contributed by atoms with Crippen LogP contribution in [-0.2, 0) is 15.4 Å². The van der Waals surface area contributed by atoms with Crippen LogP contribution in [0.15, 0.2) is 46.7 Å². The zero-order chi connectivity index (χ0) is 23.5. The normalized spacial score (nSPS) is 23.5. The van der Waals surface area contributed by atoms with E-state index in [-0.39, 0.29) is 11.5 Å². The van der Waals surface area contributed by atoms with Crippen molar-refractivity contribution in [1.29, 1.82) is 0 Å². The minimum absolute atomic E-state index is 0.0416. The molecule has 2 atom stereocenters. The zero-order valence-corrected chi connectivity index (χ0v) is 20.2. The van der Waals surface area contributed by atoms with Gasteiger partial charge in [-0.2, -0.15) is 0 Å². The van der Waals surface area contributed by atoms with Gasteiger partial charge in [0, 0.05) is 43.7 Å². The minimum atomic E-state index is -3.49. The maximum atomic E-state index is 12.9. The Balaban J connectivity index is 0.000000668. The number of nitrogens with zero attached hydrogens (tertiary/aromatic N) is 2. The Labute approximate surface area is 193 Å². The number of nitrogens with one attached hydrogen (secondary N) is 1. The number of benzene rings is 1. The third-order valence-corrected chi connectivity index (χ3v) is 9.27. The lowest BCUT2D eigenvalue weighted by Crippen LogP contribution is -2.48. The van der Waals surface area contributed by atoms with Crippen LogP contribution in [0.4, 0.5) is 9.80 Å². The number of carbonyl (C=O) groups is 1. The van der Waals surface area contributed by atoms with E-state index >= 15 is 0 Å². The molecule has 4 rings (SSSR count). The second-order valence-corrected chi connectivity index (χ2v) is 11.7. The zero-order valence-electron chi connectivity index (χ0n) is 18.6. The van der Waals surface area contributed by atoms with Gasteiger partial charge in [0.1, 0.15) is 4.21 Å². The standard InChI is InChI=1S/C21H29N3O2S2.CH2O3/c1-16(2)23-11-13-24(14-12-23)19-9-10-20(27-19)28(25,26)22-18-15-21(18,3)17-7-5-4-6-8-17;2-1(3)4/h4-10,16,18,22H,11-15H2,1-3H3;(H2,2,3,4)/t18-,21+;/m0./s1. The van der Waals surface area contributed by atoms with Gasteiger partial charge in [0.2, 0.25) is 10.0 Å². The Morgan fingerprint density at radius 1 is 1.09 bits per heavy atom. The number of thiophene rings is 1. The van der Waals surface area contributed by atoms with Gasteiger partial charge in [-0.15, -0.1) is 11.3 Å². The maximum absolute atomic E-state index is 12.9. The molecule has 3 N–H and O–H groups in total.